The number of nitrogens with zero attached hydrogens (tertiary/aromatic N) is 1. The largest absolute Gasteiger partial charge is 0.306 e. The predicted molar refractivity (Wildman–Crippen MR) is 42.0 cm³/mol. The van der Waals surface area contributed by atoms with Crippen molar-refractivity contribution in [3.63, 3.8) is 0 Å². The van der Waals surface area contributed by atoms with Crippen molar-refractivity contribution in [2.75, 3.05) is 18.5 Å². The summed E-state index contributed by atoms with van der Waals surface area (Å²) in [6.07, 6.45) is 0. The molecule has 0 saturated heterocycles. The summed E-state index contributed by atoms with van der Waals surface area (Å²) in [5.41, 5.74) is 0. The van der Waals surface area contributed by atoms with Crippen molar-refractivity contribution in [2.45, 2.75) is 13.0 Å². The van der Waals surface area contributed by atoms with E-state index in [4.69, 9.17) is 0 Å². The molecule has 0 aromatic heterocycles. The van der Waals surface area contributed by atoms with Crippen LogP contribution in [-0.2, 0) is 0 Å². The molecule has 0 amide bonds. The van der Waals surface area contributed by atoms with Crippen LogP contribution in [0.15, 0.2) is 0 Å². The molecule has 0 aliphatic heterocycles. The molecule has 0 bridgehead atoms. The molecule has 1 nitrogen and oxygen atoms in total. The second kappa shape index (κ2) is 3.66. The van der Waals surface area contributed by atoms with E-state index < -0.39 is 0 Å². The maximum Gasteiger partial charge on any atom is 0.0150 e. The van der Waals surface area contributed by atoms with Gasteiger partial charge in [0.05, 0.1) is 0 Å². The van der Waals surface area contributed by atoms with Crippen molar-refractivity contribution in [3.05, 3.63) is 0 Å². The van der Waals surface area contributed by atoms with Crippen LogP contribution in [0, 0.1) is 0 Å². The van der Waals surface area contributed by atoms with E-state index in [1.807, 2.05) is 0 Å². The fourth-order valence-electron chi connectivity index (χ4n) is 0.138. The first-order valence-corrected chi connectivity index (χ1v) is 3.93. The molecule has 0 spiro atoms. The van der Waals surface area contributed by atoms with E-state index in [-0.39, 0.29) is 0 Å². The van der Waals surface area contributed by atoms with Crippen LogP contribution in [0.5, 0.6) is 0 Å². The lowest BCUT2D eigenvalue weighted by Crippen LogP contribution is -2.25. The van der Waals surface area contributed by atoms with Gasteiger partial charge in [-0.25, -0.2) is 0 Å². The Morgan fingerprint density at radius 2 is 2.00 bits per heavy atom. The number of rotatable bonds is 2. The molecule has 2 heteroatoms. The molecule has 7 heavy (non-hydrogen) atoms. The summed E-state index contributed by atoms with van der Waals surface area (Å²) in [6, 6.07) is 0.723. The molecule has 0 rings (SSSR count). The molecule has 44 valence electrons. The van der Waals surface area contributed by atoms with Crippen LogP contribution in [0.3, 0.4) is 0 Å². The van der Waals surface area contributed by atoms with Gasteiger partial charge in [-0.15, -0.1) is 0 Å². The third-order valence-electron chi connectivity index (χ3n) is 1.10. The third kappa shape index (κ3) is 3.29. The average molecular weight is 213 g/mol. The van der Waals surface area contributed by atoms with Crippen molar-refractivity contribution in [1.82, 2.24) is 4.90 Å². The predicted octanol–water partition coefficient (Wildman–Crippen LogP) is 1.37. The van der Waals surface area contributed by atoms with Gasteiger partial charge in [0.15, 0.2) is 0 Å². The Balaban J connectivity index is 3.14. The van der Waals surface area contributed by atoms with E-state index in [1.54, 1.807) is 0 Å². The summed E-state index contributed by atoms with van der Waals surface area (Å²) in [7, 11) is 4.20. The maximum atomic E-state index is 2.39. The van der Waals surface area contributed by atoms with Crippen molar-refractivity contribution in [2.24, 2.45) is 0 Å². The number of hydrogen-bond donors (Lipinski definition) is 0. The zero-order valence-electron chi connectivity index (χ0n) is 5.11. The van der Waals surface area contributed by atoms with E-state index in [2.05, 4.69) is 48.5 Å². The van der Waals surface area contributed by atoms with Gasteiger partial charge in [-0.3, -0.25) is 0 Å². The molecule has 0 aliphatic rings. The molecule has 0 heterocycles. The van der Waals surface area contributed by atoms with Crippen LogP contribution in [0.25, 0.3) is 0 Å². The van der Waals surface area contributed by atoms with Gasteiger partial charge >= 0.3 is 0 Å². The molecule has 1 unspecified atom stereocenters. The highest BCUT2D eigenvalue weighted by Crippen LogP contribution is 1.94. The second-order valence-corrected chi connectivity index (χ2v) is 2.85. The van der Waals surface area contributed by atoms with Crippen LogP contribution in [-0.4, -0.2) is 29.5 Å². The normalized spacial score (nSPS) is 15.0. The second-order valence-electron chi connectivity index (χ2n) is 1.97. The minimum Gasteiger partial charge on any atom is -0.306 e. The number of alkyl halides is 1. The van der Waals surface area contributed by atoms with Gasteiger partial charge < -0.3 is 4.90 Å². The number of halogens is 1. The summed E-state index contributed by atoms with van der Waals surface area (Å²) in [4.78, 5) is 2.21. The third-order valence-corrected chi connectivity index (χ3v) is 2.38. The van der Waals surface area contributed by atoms with E-state index in [0.29, 0.717) is 0 Å². The minimum atomic E-state index is 0.723. The highest BCUT2D eigenvalue weighted by molar-refractivity contribution is 14.1. The molecule has 0 saturated carbocycles. The van der Waals surface area contributed by atoms with Crippen molar-refractivity contribution >= 4 is 22.6 Å². The lowest BCUT2D eigenvalue weighted by molar-refractivity contribution is 0.343. The highest BCUT2D eigenvalue weighted by atomic mass is 127. The summed E-state index contributed by atoms with van der Waals surface area (Å²) in [5.74, 6) is 0. The molecule has 0 N–H and O–H groups in total. The van der Waals surface area contributed by atoms with E-state index in [1.165, 1.54) is 4.43 Å². The van der Waals surface area contributed by atoms with E-state index in [9.17, 15) is 0 Å². The standard InChI is InChI=1S/C5H12IN/c1-5(4-6)7(2)3/h5H,4H2,1-3H3. The molecular weight excluding hydrogens is 201 g/mol. The summed E-state index contributed by atoms with van der Waals surface area (Å²) in [5, 5.41) is 0. The SMILES string of the molecule is CC(CI)N(C)C. The zero-order valence-corrected chi connectivity index (χ0v) is 7.27. The van der Waals surface area contributed by atoms with E-state index in [0.717, 1.165) is 6.04 Å². The van der Waals surface area contributed by atoms with Crippen LogP contribution in [0.4, 0.5) is 0 Å². The smallest absolute Gasteiger partial charge is 0.0150 e. The van der Waals surface area contributed by atoms with Crippen molar-refractivity contribution in [3.8, 4) is 0 Å². The Bertz CT molecular complexity index is 45.3. The lowest BCUT2D eigenvalue weighted by Gasteiger charge is -2.15. The molecule has 0 aromatic rings. The first-order chi connectivity index (χ1) is 3.18. The van der Waals surface area contributed by atoms with Crippen LogP contribution in [0.2, 0.25) is 0 Å². The summed E-state index contributed by atoms with van der Waals surface area (Å²) >= 11 is 2.39. The van der Waals surface area contributed by atoms with Gasteiger partial charge in [-0.05, 0) is 21.0 Å². The topological polar surface area (TPSA) is 3.24 Å². The van der Waals surface area contributed by atoms with E-state index >= 15 is 0 Å². The minimum absolute atomic E-state index is 0.723. The molecule has 1 atom stereocenters. The van der Waals surface area contributed by atoms with Gasteiger partial charge in [0, 0.05) is 10.5 Å². The van der Waals surface area contributed by atoms with Gasteiger partial charge in [-0.1, -0.05) is 22.6 Å². The van der Waals surface area contributed by atoms with Gasteiger partial charge in [0.1, 0.15) is 0 Å². The lowest BCUT2D eigenvalue weighted by atomic mass is 10.4. The molecule has 0 fully saturated rings. The summed E-state index contributed by atoms with van der Waals surface area (Å²) in [6.45, 7) is 2.21. The fourth-order valence-corrected chi connectivity index (χ4v) is 0.926. The van der Waals surface area contributed by atoms with Crippen LogP contribution < -0.4 is 0 Å². The van der Waals surface area contributed by atoms with Crippen molar-refractivity contribution < 1.29 is 0 Å². The summed E-state index contributed by atoms with van der Waals surface area (Å²) < 4.78 is 1.21. The highest BCUT2D eigenvalue weighted by Gasteiger charge is 1.98. The Hall–Kier alpha value is 0.690. The van der Waals surface area contributed by atoms with Crippen LogP contribution >= 0.6 is 22.6 Å². The number of hydrogen-bond acceptors (Lipinski definition) is 1. The van der Waals surface area contributed by atoms with Crippen molar-refractivity contribution in [1.29, 1.82) is 0 Å². The molecule has 0 radical (unpaired) electrons. The Morgan fingerprint density at radius 3 is 2.00 bits per heavy atom. The molecule has 0 aromatic carbocycles. The first kappa shape index (κ1) is 7.69. The Kier molecular flexibility index (Phi) is 4.02. The molecular formula is C5H12IN. The Morgan fingerprint density at radius 1 is 1.57 bits per heavy atom. The average Bonchev–Trinajstić information content (AvgIpc) is 1.65. The zero-order chi connectivity index (χ0) is 5.86. The quantitative estimate of drug-likeness (QED) is 0.494. The molecule has 0 aliphatic carbocycles. The van der Waals surface area contributed by atoms with Gasteiger partial charge in [-0.2, -0.15) is 0 Å². The van der Waals surface area contributed by atoms with Gasteiger partial charge in [0.25, 0.3) is 0 Å². The monoisotopic (exact) mass is 213 g/mol. The maximum absolute atomic E-state index is 2.39. The Labute approximate surface area is 59.2 Å². The first-order valence-electron chi connectivity index (χ1n) is 2.41. The fraction of sp³-hybridized carbons (Fsp3) is 1.00. The van der Waals surface area contributed by atoms with Gasteiger partial charge in [0.2, 0.25) is 0 Å². The van der Waals surface area contributed by atoms with Crippen LogP contribution in [0.1, 0.15) is 6.92 Å².